The van der Waals surface area contributed by atoms with Crippen molar-refractivity contribution in [2.75, 3.05) is 30.5 Å². The summed E-state index contributed by atoms with van der Waals surface area (Å²) in [5.41, 5.74) is 11.6. The topological polar surface area (TPSA) is 138 Å². The standard InChI is InChI=1S/C21H21FN8O2/c1-11-6-7-14(22)12(9-11)10-30-20-13(5-4-8-25-20)15(28-30)19-26-17(23)16(18(24)27-19)29(2)21(31)32-3/h4-9H,10H2,1-3H3,(H4,23,24,26,27)/i4D,5D,6D,7D,8D,9D. The number of methoxy groups -OCH3 is 1. The zero-order valence-electron chi connectivity index (χ0n) is 23.2. The van der Waals surface area contributed by atoms with Gasteiger partial charge in [-0.05, 0) is 25.1 Å². The first-order valence-corrected chi connectivity index (χ1v) is 9.14. The largest absolute Gasteiger partial charge is 0.452 e. The summed E-state index contributed by atoms with van der Waals surface area (Å²) in [5.74, 6) is -1.76. The molecule has 11 heteroatoms. The van der Waals surface area contributed by atoms with Crippen molar-refractivity contribution in [1.29, 1.82) is 0 Å². The second-order valence-electron chi connectivity index (χ2n) is 6.67. The van der Waals surface area contributed by atoms with Crippen LogP contribution in [0.2, 0.25) is 0 Å². The van der Waals surface area contributed by atoms with Crippen LogP contribution in [0.15, 0.2) is 36.4 Å². The van der Waals surface area contributed by atoms with Crippen molar-refractivity contribution < 1.29 is 22.1 Å². The molecule has 1 amide bonds. The number of hydrogen-bond donors (Lipinski definition) is 2. The summed E-state index contributed by atoms with van der Waals surface area (Å²) < 4.78 is 69.2. The van der Waals surface area contributed by atoms with Gasteiger partial charge in [-0.15, -0.1) is 0 Å². The van der Waals surface area contributed by atoms with Gasteiger partial charge in [0.2, 0.25) is 0 Å². The van der Waals surface area contributed by atoms with E-state index in [1.54, 1.807) is 0 Å². The number of nitrogens with two attached hydrogens (primary N) is 2. The number of hydrogen-bond acceptors (Lipinski definition) is 8. The van der Waals surface area contributed by atoms with Crippen molar-refractivity contribution in [2.24, 2.45) is 0 Å². The van der Waals surface area contributed by atoms with Gasteiger partial charge in [0.05, 0.1) is 27.3 Å². The number of ether oxygens (including phenoxy) is 1. The second-order valence-corrected chi connectivity index (χ2v) is 6.67. The number of anilines is 3. The number of carbonyl (C=O) groups excluding carboxylic acids is 1. The Balaban J connectivity index is 1.98. The van der Waals surface area contributed by atoms with Crippen molar-refractivity contribution in [2.45, 2.75) is 13.5 Å². The fourth-order valence-electron chi connectivity index (χ4n) is 3.08. The molecule has 0 bridgehead atoms. The number of fused-ring (bicyclic) bond motifs is 1. The molecule has 0 saturated heterocycles. The summed E-state index contributed by atoms with van der Waals surface area (Å²) in [5, 5.41) is 4.27. The Morgan fingerprint density at radius 2 is 2.00 bits per heavy atom. The monoisotopic (exact) mass is 442 g/mol. The molecule has 3 aromatic heterocycles. The second kappa shape index (κ2) is 8.10. The Kier molecular flexibility index (Phi) is 3.71. The lowest BCUT2D eigenvalue weighted by Crippen LogP contribution is -2.28. The fraction of sp³-hybridized carbons (Fsp3) is 0.190. The van der Waals surface area contributed by atoms with Gasteiger partial charge in [-0.25, -0.2) is 28.8 Å². The number of rotatable bonds is 4. The van der Waals surface area contributed by atoms with E-state index < -0.39 is 48.8 Å². The minimum atomic E-state index is -1.09. The van der Waals surface area contributed by atoms with Crippen LogP contribution in [0, 0.1) is 12.7 Å². The third kappa shape index (κ3) is 3.64. The molecule has 0 unspecified atom stereocenters. The molecule has 164 valence electrons. The van der Waals surface area contributed by atoms with Crippen molar-refractivity contribution in [3.63, 3.8) is 0 Å². The minimum absolute atomic E-state index is 0.0435. The molecule has 0 aliphatic rings. The number of halogens is 1. The number of carbonyl (C=O) groups is 1. The van der Waals surface area contributed by atoms with Gasteiger partial charge in [-0.2, -0.15) is 5.10 Å². The number of amides is 1. The molecule has 3 heterocycles. The summed E-state index contributed by atoms with van der Waals surface area (Å²) in [4.78, 5) is 25.3. The first kappa shape index (κ1) is 14.7. The fourth-order valence-corrected chi connectivity index (χ4v) is 3.08. The third-order valence-electron chi connectivity index (χ3n) is 4.54. The van der Waals surface area contributed by atoms with Crippen LogP contribution in [0.25, 0.3) is 22.6 Å². The summed E-state index contributed by atoms with van der Waals surface area (Å²) in [6.45, 7) is 0.963. The predicted molar refractivity (Wildman–Crippen MR) is 118 cm³/mol. The summed E-state index contributed by atoms with van der Waals surface area (Å²) in [6, 6.07) is -2.39. The van der Waals surface area contributed by atoms with Crippen LogP contribution in [0.1, 0.15) is 19.4 Å². The van der Waals surface area contributed by atoms with Crippen LogP contribution in [-0.2, 0) is 11.3 Å². The molecule has 0 aliphatic carbocycles. The Bertz CT molecular complexity index is 1590. The van der Waals surface area contributed by atoms with E-state index in [9.17, 15) is 9.18 Å². The number of nitrogens with zero attached hydrogens (tertiary/aromatic N) is 6. The number of benzene rings is 1. The SMILES string of the molecule is [2H]c1nc2c(c(-c3nc(N)c(N(C)C(=O)OC)c(N)n3)nn2Cc2c([2H])c(C)c([2H])c([2H])c2F)c([2H])c1[2H]. The summed E-state index contributed by atoms with van der Waals surface area (Å²) in [6.07, 6.45) is -1.33. The predicted octanol–water partition coefficient (Wildman–Crippen LogP) is 2.75. The molecule has 0 aliphatic heterocycles. The maximum Gasteiger partial charge on any atom is 0.413 e. The van der Waals surface area contributed by atoms with Crippen LogP contribution in [-0.4, -0.2) is 45.0 Å². The molecule has 0 saturated carbocycles. The highest BCUT2D eigenvalue weighted by atomic mass is 19.1. The van der Waals surface area contributed by atoms with Gasteiger partial charge in [0.1, 0.15) is 17.2 Å². The van der Waals surface area contributed by atoms with Gasteiger partial charge < -0.3 is 16.2 Å². The molecule has 0 fully saturated rings. The van der Waals surface area contributed by atoms with E-state index in [4.69, 9.17) is 19.7 Å². The molecular weight excluding hydrogens is 415 g/mol. The molecule has 0 spiro atoms. The van der Waals surface area contributed by atoms with Crippen LogP contribution < -0.4 is 16.4 Å². The van der Waals surface area contributed by atoms with Crippen LogP contribution in [0.4, 0.5) is 26.5 Å². The highest BCUT2D eigenvalue weighted by Gasteiger charge is 2.23. The van der Waals surface area contributed by atoms with E-state index in [2.05, 4.69) is 24.8 Å². The highest BCUT2D eigenvalue weighted by Crippen LogP contribution is 2.32. The Morgan fingerprint density at radius 3 is 2.69 bits per heavy atom. The van der Waals surface area contributed by atoms with E-state index in [0.29, 0.717) is 0 Å². The average Bonchev–Trinajstić information content (AvgIpc) is 3.24. The van der Waals surface area contributed by atoms with E-state index in [1.165, 1.54) is 14.0 Å². The Morgan fingerprint density at radius 1 is 1.28 bits per heavy atom. The van der Waals surface area contributed by atoms with Gasteiger partial charge in [0.25, 0.3) is 0 Å². The molecule has 1 aromatic carbocycles. The number of aromatic nitrogens is 5. The Labute approximate surface area is 191 Å². The van der Waals surface area contributed by atoms with Gasteiger partial charge in [0.15, 0.2) is 23.1 Å². The van der Waals surface area contributed by atoms with E-state index in [1.807, 2.05) is 0 Å². The first-order chi connectivity index (χ1) is 17.8. The molecule has 0 atom stereocenters. The van der Waals surface area contributed by atoms with E-state index in [-0.39, 0.29) is 57.0 Å². The maximum absolute atomic E-state index is 15.0. The third-order valence-corrected chi connectivity index (χ3v) is 4.54. The molecule has 10 nitrogen and oxygen atoms in total. The summed E-state index contributed by atoms with van der Waals surface area (Å²) in [7, 11) is 2.50. The number of pyridine rings is 1. The smallest absolute Gasteiger partial charge is 0.413 e. The molecule has 0 radical (unpaired) electrons. The van der Waals surface area contributed by atoms with Crippen LogP contribution in [0.5, 0.6) is 0 Å². The van der Waals surface area contributed by atoms with Gasteiger partial charge in [0, 0.05) is 18.8 Å². The highest BCUT2D eigenvalue weighted by molar-refractivity contribution is 5.96. The van der Waals surface area contributed by atoms with Gasteiger partial charge in [-0.1, -0.05) is 17.6 Å². The minimum Gasteiger partial charge on any atom is -0.452 e. The van der Waals surface area contributed by atoms with Crippen LogP contribution >= 0.6 is 0 Å². The molecule has 4 aromatic rings. The zero-order valence-corrected chi connectivity index (χ0v) is 17.2. The number of nitrogen functional groups attached to an aromatic ring is 2. The van der Waals surface area contributed by atoms with Crippen molar-refractivity contribution in [1.82, 2.24) is 24.7 Å². The lowest BCUT2D eigenvalue weighted by molar-refractivity contribution is 0.180. The Hall–Kier alpha value is -4.28. The van der Waals surface area contributed by atoms with Crippen molar-refractivity contribution >= 4 is 34.4 Å². The van der Waals surface area contributed by atoms with E-state index in [0.717, 1.165) is 16.7 Å². The lowest BCUT2D eigenvalue weighted by atomic mass is 10.1. The molecular formula is C21H21FN8O2. The van der Waals surface area contributed by atoms with Gasteiger partial charge in [-0.3, -0.25) is 4.90 Å². The zero-order chi connectivity index (χ0) is 28.2. The first-order valence-electron chi connectivity index (χ1n) is 12.1. The normalized spacial score (nSPS) is 13.6. The van der Waals surface area contributed by atoms with Gasteiger partial charge >= 0.3 is 6.09 Å². The molecule has 4 rings (SSSR count). The van der Waals surface area contributed by atoms with Crippen molar-refractivity contribution in [3.05, 3.63) is 53.3 Å². The summed E-state index contributed by atoms with van der Waals surface area (Å²) >= 11 is 0. The quantitative estimate of drug-likeness (QED) is 0.492. The van der Waals surface area contributed by atoms with E-state index >= 15 is 0 Å². The average molecular weight is 442 g/mol. The van der Waals surface area contributed by atoms with Crippen LogP contribution in [0.3, 0.4) is 0 Å². The lowest BCUT2D eigenvalue weighted by Gasteiger charge is -2.18. The van der Waals surface area contributed by atoms with Crippen molar-refractivity contribution in [3.8, 4) is 11.5 Å². The molecule has 32 heavy (non-hydrogen) atoms. The molecule has 4 N–H and O–H groups in total. The maximum atomic E-state index is 15.0.